The Kier molecular flexibility index (Phi) is 5.35. The lowest BCUT2D eigenvalue weighted by molar-refractivity contribution is -0.120. The molecule has 0 fully saturated rings. The minimum absolute atomic E-state index is 0.0771. The van der Waals surface area contributed by atoms with Gasteiger partial charge >= 0.3 is 0 Å². The zero-order valence-corrected chi connectivity index (χ0v) is 11.7. The number of carbonyl (C=O) groups excluding carboxylic acids is 1. The topological polar surface area (TPSA) is 52.3 Å². The molecule has 1 aromatic rings. The molecule has 0 aliphatic heterocycles. The molecule has 2 N–H and O–H groups in total. The highest BCUT2D eigenvalue weighted by atomic mass is 16.5. The number of ether oxygens (including phenoxy) is 1. The summed E-state index contributed by atoms with van der Waals surface area (Å²) in [4.78, 5) is 12.1. The molecule has 100 valence electrons. The summed E-state index contributed by atoms with van der Waals surface area (Å²) in [5.41, 5.74) is 8.00. The number of ketones is 1. The molecule has 0 saturated carbocycles. The maximum Gasteiger partial charge on any atom is 0.154 e. The molecule has 0 heterocycles. The highest BCUT2D eigenvalue weighted by molar-refractivity contribution is 5.86. The van der Waals surface area contributed by atoms with Crippen LogP contribution in [0.1, 0.15) is 31.4 Å². The summed E-state index contributed by atoms with van der Waals surface area (Å²) in [6.07, 6.45) is 1.26. The van der Waals surface area contributed by atoms with Gasteiger partial charge in [0.1, 0.15) is 5.75 Å². The fourth-order valence-electron chi connectivity index (χ4n) is 1.92. The van der Waals surface area contributed by atoms with Gasteiger partial charge in [0.2, 0.25) is 0 Å². The molecule has 3 heteroatoms. The van der Waals surface area contributed by atoms with E-state index in [0.717, 1.165) is 23.3 Å². The molecule has 0 saturated heterocycles. The van der Waals surface area contributed by atoms with E-state index in [1.54, 1.807) is 7.11 Å². The number of rotatable bonds is 6. The SMILES string of the molecule is CCC(C)C(N)C(=O)Cc1cc(C)ccc1OC. The van der Waals surface area contributed by atoms with Gasteiger partial charge in [-0.15, -0.1) is 0 Å². The molecule has 3 nitrogen and oxygen atoms in total. The van der Waals surface area contributed by atoms with Crippen LogP contribution in [0.5, 0.6) is 5.75 Å². The Hall–Kier alpha value is -1.35. The van der Waals surface area contributed by atoms with Crippen molar-refractivity contribution in [2.75, 3.05) is 7.11 Å². The lowest BCUT2D eigenvalue weighted by Gasteiger charge is -2.17. The average molecular weight is 249 g/mol. The summed E-state index contributed by atoms with van der Waals surface area (Å²) >= 11 is 0. The van der Waals surface area contributed by atoms with Crippen LogP contribution in [-0.4, -0.2) is 18.9 Å². The van der Waals surface area contributed by atoms with Crippen LogP contribution in [-0.2, 0) is 11.2 Å². The van der Waals surface area contributed by atoms with E-state index < -0.39 is 0 Å². The van der Waals surface area contributed by atoms with E-state index >= 15 is 0 Å². The van der Waals surface area contributed by atoms with Crippen molar-refractivity contribution in [1.29, 1.82) is 0 Å². The first-order valence-electron chi connectivity index (χ1n) is 6.41. The maximum atomic E-state index is 12.1. The smallest absolute Gasteiger partial charge is 0.154 e. The molecule has 1 rings (SSSR count). The Labute approximate surface area is 109 Å². The normalized spacial score (nSPS) is 14.1. The maximum absolute atomic E-state index is 12.1. The van der Waals surface area contributed by atoms with Crippen molar-refractivity contribution in [2.24, 2.45) is 11.7 Å². The third-order valence-corrected chi connectivity index (χ3v) is 3.43. The molecule has 0 radical (unpaired) electrons. The number of benzene rings is 1. The van der Waals surface area contributed by atoms with Gasteiger partial charge in [-0.1, -0.05) is 38.0 Å². The number of hydrogen-bond donors (Lipinski definition) is 1. The Balaban J connectivity index is 2.84. The molecule has 0 aliphatic rings. The Morgan fingerprint density at radius 1 is 1.44 bits per heavy atom. The predicted octanol–water partition coefficient (Wildman–Crippen LogP) is 2.49. The quantitative estimate of drug-likeness (QED) is 0.842. The standard InChI is InChI=1S/C15H23NO2/c1-5-11(3)15(16)13(17)9-12-8-10(2)6-7-14(12)18-4/h6-8,11,15H,5,9,16H2,1-4H3. The van der Waals surface area contributed by atoms with E-state index in [-0.39, 0.29) is 17.7 Å². The molecule has 2 atom stereocenters. The number of methoxy groups -OCH3 is 1. The van der Waals surface area contributed by atoms with Crippen molar-refractivity contribution >= 4 is 5.78 Å². The highest BCUT2D eigenvalue weighted by Crippen LogP contribution is 2.21. The minimum Gasteiger partial charge on any atom is -0.496 e. The van der Waals surface area contributed by atoms with E-state index in [9.17, 15) is 4.79 Å². The van der Waals surface area contributed by atoms with Gasteiger partial charge in [-0.05, 0) is 18.9 Å². The van der Waals surface area contributed by atoms with Gasteiger partial charge in [-0.25, -0.2) is 0 Å². The lowest BCUT2D eigenvalue weighted by atomic mass is 9.92. The van der Waals surface area contributed by atoms with Gasteiger partial charge in [-0.3, -0.25) is 4.79 Å². The van der Waals surface area contributed by atoms with Crippen LogP contribution in [0.2, 0.25) is 0 Å². The van der Waals surface area contributed by atoms with Crippen molar-refractivity contribution in [1.82, 2.24) is 0 Å². The molecule has 0 spiro atoms. The number of aryl methyl sites for hydroxylation is 1. The Bertz CT molecular complexity index is 415. The van der Waals surface area contributed by atoms with Gasteiger partial charge in [-0.2, -0.15) is 0 Å². The Morgan fingerprint density at radius 3 is 2.67 bits per heavy atom. The van der Waals surface area contributed by atoms with E-state index in [2.05, 4.69) is 0 Å². The molecule has 0 amide bonds. The first-order valence-corrected chi connectivity index (χ1v) is 6.41. The van der Waals surface area contributed by atoms with Crippen LogP contribution in [0, 0.1) is 12.8 Å². The molecular formula is C15H23NO2. The highest BCUT2D eigenvalue weighted by Gasteiger charge is 2.20. The second kappa shape index (κ2) is 6.55. The summed E-state index contributed by atoms with van der Waals surface area (Å²) in [6, 6.07) is 5.47. The number of hydrogen-bond acceptors (Lipinski definition) is 3. The molecule has 0 aliphatic carbocycles. The van der Waals surface area contributed by atoms with Crippen LogP contribution in [0.3, 0.4) is 0 Å². The van der Waals surface area contributed by atoms with Crippen LogP contribution < -0.4 is 10.5 Å². The minimum atomic E-state index is -0.389. The van der Waals surface area contributed by atoms with Crippen molar-refractivity contribution in [3.05, 3.63) is 29.3 Å². The first kappa shape index (κ1) is 14.7. The summed E-state index contributed by atoms with van der Waals surface area (Å²) in [5.74, 6) is 1.05. The number of Topliss-reactive ketones (excluding diaryl/α,β-unsaturated/α-hetero) is 1. The second-order valence-corrected chi connectivity index (χ2v) is 4.87. The monoisotopic (exact) mass is 249 g/mol. The molecule has 18 heavy (non-hydrogen) atoms. The summed E-state index contributed by atoms with van der Waals surface area (Å²) in [6.45, 7) is 6.06. The third kappa shape index (κ3) is 3.57. The van der Waals surface area contributed by atoms with Crippen LogP contribution in [0.15, 0.2) is 18.2 Å². The molecule has 0 aromatic heterocycles. The van der Waals surface area contributed by atoms with E-state index in [4.69, 9.17) is 10.5 Å². The largest absolute Gasteiger partial charge is 0.496 e. The molecule has 0 bridgehead atoms. The summed E-state index contributed by atoms with van der Waals surface area (Å²) < 4.78 is 5.27. The fourth-order valence-corrected chi connectivity index (χ4v) is 1.92. The van der Waals surface area contributed by atoms with Crippen molar-refractivity contribution < 1.29 is 9.53 Å². The first-order chi connectivity index (χ1) is 8.49. The van der Waals surface area contributed by atoms with Crippen LogP contribution >= 0.6 is 0 Å². The molecule has 2 unspecified atom stereocenters. The molecule has 1 aromatic carbocycles. The summed E-state index contributed by atoms with van der Waals surface area (Å²) in [5, 5.41) is 0. The number of nitrogens with two attached hydrogens (primary N) is 1. The zero-order chi connectivity index (χ0) is 13.7. The fraction of sp³-hybridized carbons (Fsp3) is 0.533. The lowest BCUT2D eigenvalue weighted by Crippen LogP contribution is -2.37. The van der Waals surface area contributed by atoms with Crippen molar-refractivity contribution in [3.63, 3.8) is 0 Å². The number of carbonyl (C=O) groups is 1. The van der Waals surface area contributed by atoms with Crippen LogP contribution in [0.25, 0.3) is 0 Å². The van der Waals surface area contributed by atoms with E-state index in [1.165, 1.54) is 0 Å². The van der Waals surface area contributed by atoms with Crippen LogP contribution in [0.4, 0.5) is 0 Å². The van der Waals surface area contributed by atoms with E-state index in [0.29, 0.717) is 6.42 Å². The average Bonchev–Trinajstić information content (AvgIpc) is 2.37. The van der Waals surface area contributed by atoms with Crippen molar-refractivity contribution in [2.45, 2.75) is 39.7 Å². The van der Waals surface area contributed by atoms with Gasteiger partial charge in [0.15, 0.2) is 5.78 Å². The predicted molar refractivity (Wildman–Crippen MR) is 73.9 cm³/mol. The molecular weight excluding hydrogens is 226 g/mol. The Morgan fingerprint density at radius 2 is 2.11 bits per heavy atom. The summed E-state index contributed by atoms with van der Waals surface area (Å²) in [7, 11) is 1.62. The van der Waals surface area contributed by atoms with Crippen molar-refractivity contribution in [3.8, 4) is 5.75 Å². The van der Waals surface area contributed by atoms with Gasteiger partial charge < -0.3 is 10.5 Å². The van der Waals surface area contributed by atoms with Gasteiger partial charge in [0.25, 0.3) is 0 Å². The zero-order valence-electron chi connectivity index (χ0n) is 11.7. The van der Waals surface area contributed by atoms with E-state index in [1.807, 2.05) is 39.0 Å². The van der Waals surface area contributed by atoms with Gasteiger partial charge in [0.05, 0.1) is 13.2 Å². The van der Waals surface area contributed by atoms with Gasteiger partial charge in [0, 0.05) is 12.0 Å². The second-order valence-electron chi connectivity index (χ2n) is 4.87. The third-order valence-electron chi connectivity index (χ3n) is 3.43.